The summed E-state index contributed by atoms with van der Waals surface area (Å²) in [7, 11) is -3.80. The number of hydrogen-bond donors (Lipinski definition) is 2. The van der Waals surface area contributed by atoms with E-state index in [2.05, 4.69) is 24.1 Å². The Labute approximate surface area is 153 Å². The molecular weight excluding hydrogens is 356 g/mol. The summed E-state index contributed by atoms with van der Waals surface area (Å²) < 4.78 is 24.6. The van der Waals surface area contributed by atoms with Crippen LogP contribution in [0.25, 0.3) is 0 Å². The average molecular weight is 381 g/mol. The third-order valence-electron chi connectivity index (χ3n) is 4.24. The van der Waals surface area contributed by atoms with Crippen molar-refractivity contribution in [2.75, 3.05) is 0 Å². The minimum atomic E-state index is -3.80. The number of carbonyl (C=O) groups is 1. The summed E-state index contributed by atoms with van der Waals surface area (Å²) in [6.07, 6.45) is 1.83. The van der Waals surface area contributed by atoms with Gasteiger partial charge in [0.1, 0.15) is 0 Å². The molecule has 0 aliphatic rings. The van der Waals surface area contributed by atoms with Crippen LogP contribution in [0.15, 0.2) is 35.2 Å². The second kappa shape index (κ2) is 8.12. The van der Waals surface area contributed by atoms with Crippen molar-refractivity contribution in [3.05, 3.63) is 51.2 Å². The molecule has 0 saturated heterocycles. The number of nitrogens with one attached hydrogen (secondary N) is 2. The number of sulfonamides is 1. The minimum absolute atomic E-state index is 0.122. The number of rotatable bonds is 7. The van der Waals surface area contributed by atoms with E-state index in [0.717, 1.165) is 28.8 Å². The Hall–Kier alpha value is -1.70. The lowest BCUT2D eigenvalue weighted by atomic mass is 9.99. The maximum absolute atomic E-state index is 12.3. The van der Waals surface area contributed by atoms with Crippen LogP contribution in [0.3, 0.4) is 0 Å². The van der Waals surface area contributed by atoms with E-state index in [1.807, 2.05) is 13.8 Å². The van der Waals surface area contributed by atoms with Crippen LogP contribution in [-0.2, 0) is 16.4 Å². The van der Waals surface area contributed by atoms with E-state index in [9.17, 15) is 13.2 Å². The van der Waals surface area contributed by atoms with Crippen LogP contribution >= 0.6 is 11.3 Å². The Morgan fingerprint density at radius 1 is 1.20 bits per heavy atom. The molecule has 0 spiro atoms. The predicted octanol–water partition coefficient (Wildman–Crippen LogP) is 3.76. The Bertz CT molecular complexity index is 840. The molecule has 2 aromatic rings. The lowest BCUT2D eigenvalue weighted by molar-refractivity contribution is 0.0949. The SMILES string of the molecule is CCc1sc(C(=O)NNS(=O)(=O)c2ccc([C@H](C)CC)cc2)cc1C. The molecule has 1 aromatic heterocycles. The summed E-state index contributed by atoms with van der Waals surface area (Å²) in [5, 5.41) is 0. The first kappa shape index (κ1) is 19.6. The first-order chi connectivity index (χ1) is 11.8. The lowest BCUT2D eigenvalue weighted by Crippen LogP contribution is -2.41. The monoisotopic (exact) mass is 380 g/mol. The number of benzene rings is 1. The van der Waals surface area contributed by atoms with Crippen molar-refractivity contribution >= 4 is 27.3 Å². The van der Waals surface area contributed by atoms with Crippen molar-refractivity contribution in [2.45, 2.75) is 51.3 Å². The lowest BCUT2D eigenvalue weighted by Gasteiger charge is -2.11. The van der Waals surface area contributed by atoms with Crippen LogP contribution in [-0.4, -0.2) is 14.3 Å². The fourth-order valence-corrected chi connectivity index (χ4v) is 4.28. The van der Waals surface area contributed by atoms with E-state index in [-0.39, 0.29) is 4.90 Å². The third kappa shape index (κ3) is 4.68. The zero-order chi connectivity index (χ0) is 18.6. The van der Waals surface area contributed by atoms with Crippen molar-refractivity contribution in [3.63, 3.8) is 0 Å². The van der Waals surface area contributed by atoms with E-state index in [0.29, 0.717) is 10.8 Å². The van der Waals surface area contributed by atoms with Crippen molar-refractivity contribution in [1.29, 1.82) is 0 Å². The van der Waals surface area contributed by atoms with Crippen molar-refractivity contribution in [2.24, 2.45) is 0 Å². The molecule has 0 bridgehead atoms. The molecule has 1 aromatic carbocycles. The van der Waals surface area contributed by atoms with Crippen LogP contribution in [0, 0.1) is 6.92 Å². The Morgan fingerprint density at radius 2 is 1.84 bits per heavy atom. The normalized spacial score (nSPS) is 12.8. The summed E-state index contributed by atoms with van der Waals surface area (Å²) in [5.41, 5.74) is 4.42. The highest BCUT2D eigenvalue weighted by atomic mass is 32.2. The van der Waals surface area contributed by atoms with Crippen molar-refractivity contribution in [3.8, 4) is 0 Å². The number of aryl methyl sites for hydroxylation is 2. The van der Waals surface area contributed by atoms with Gasteiger partial charge >= 0.3 is 0 Å². The second-order valence-electron chi connectivity index (χ2n) is 6.01. The molecule has 1 atom stereocenters. The van der Waals surface area contributed by atoms with E-state index < -0.39 is 15.9 Å². The van der Waals surface area contributed by atoms with Gasteiger partial charge in [0.25, 0.3) is 15.9 Å². The maximum Gasteiger partial charge on any atom is 0.276 e. The van der Waals surface area contributed by atoms with Gasteiger partial charge in [0.05, 0.1) is 9.77 Å². The average Bonchev–Trinajstić information content (AvgIpc) is 3.00. The Balaban J connectivity index is 2.06. The van der Waals surface area contributed by atoms with Gasteiger partial charge in [-0.05, 0) is 55.0 Å². The molecule has 0 unspecified atom stereocenters. The summed E-state index contributed by atoms with van der Waals surface area (Å²) in [6, 6.07) is 8.50. The van der Waals surface area contributed by atoms with Crippen LogP contribution in [0.2, 0.25) is 0 Å². The summed E-state index contributed by atoms with van der Waals surface area (Å²) in [6.45, 7) is 8.14. The zero-order valence-electron chi connectivity index (χ0n) is 14.9. The predicted molar refractivity (Wildman–Crippen MR) is 101 cm³/mol. The molecular formula is C18H24N2O3S2. The zero-order valence-corrected chi connectivity index (χ0v) is 16.6. The summed E-state index contributed by atoms with van der Waals surface area (Å²) >= 11 is 1.37. The Kier molecular flexibility index (Phi) is 6.37. The van der Waals surface area contributed by atoms with Gasteiger partial charge in [-0.25, -0.2) is 8.42 Å². The second-order valence-corrected chi connectivity index (χ2v) is 8.83. The van der Waals surface area contributed by atoms with Gasteiger partial charge < -0.3 is 0 Å². The molecule has 25 heavy (non-hydrogen) atoms. The first-order valence-electron chi connectivity index (χ1n) is 8.29. The molecule has 1 heterocycles. The van der Waals surface area contributed by atoms with E-state index in [1.165, 1.54) is 11.3 Å². The number of hydrazine groups is 1. The smallest absolute Gasteiger partial charge is 0.273 e. The van der Waals surface area contributed by atoms with Gasteiger partial charge in [-0.3, -0.25) is 10.2 Å². The van der Waals surface area contributed by atoms with Gasteiger partial charge in [0.15, 0.2) is 0 Å². The minimum Gasteiger partial charge on any atom is -0.273 e. The van der Waals surface area contributed by atoms with Gasteiger partial charge in [-0.15, -0.1) is 16.2 Å². The molecule has 2 rings (SSSR count). The molecule has 1 amide bonds. The quantitative estimate of drug-likeness (QED) is 0.718. The van der Waals surface area contributed by atoms with E-state index in [4.69, 9.17) is 0 Å². The number of carbonyl (C=O) groups excluding carboxylic acids is 1. The molecule has 0 saturated carbocycles. The molecule has 5 nitrogen and oxygen atoms in total. The molecule has 136 valence electrons. The highest BCUT2D eigenvalue weighted by molar-refractivity contribution is 7.89. The fraction of sp³-hybridized carbons (Fsp3) is 0.389. The van der Waals surface area contributed by atoms with Gasteiger partial charge in [0.2, 0.25) is 0 Å². The largest absolute Gasteiger partial charge is 0.276 e. The van der Waals surface area contributed by atoms with Gasteiger partial charge in [-0.1, -0.05) is 32.9 Å². The molecule has 7 heteroatoms. The fourth-order valence-electron chi connectivity index (χ4n) is 2.43. The molecule has 0 radical (unpaired) electrons. The van der Waals surface area contributed by atoms with Crippen LogP contribution < -0.4 is 10.3 Å². The van der Waals surface area contributed by atoms with Gasteiger partial charge in [0, 0.05) is 4.88 Å². The van der Waals surface area contributed by atoms with Crippen LogP contribution in [0.4, 0.5) is 0 Å². The molecule has 2 N–H and O–H groups in total. The summed E-state index contributed by atoms with van der Waals surface area (Å²) in [5.74, 6) is -0.0770. The first-order valence-corrected chi connectivity index (χ1v) is 10.6. The highest BCUT2D eigenvalue weighted by Gasteiger charge is 2.17. The van der Waals surface area contributed by atoms with E-state index >= 15 is 0 Å². The van der Waals surface area contributed by atoms with Crippen molar-refractivity contribution in [1.82, 2.24) is 10.3 Å². The van der Waals surface area contributed by atoms with E-state index in [1.54, 1.807) is 30.3 Å². The van der Waals surface area contributed by atoms with Crippen LogP contribution in [0.5, 0.6) is 0 Å². The summed E-state index contributed by atoms with van der Waals surface area (Å²) in [4.78, 5) is 16.1. The van der Waals surface area contributed by atoms with Gasteiger partial charge in [-0.2, -0.15) is 0 Å². The maximum atomic E-state index is 12.3. The standard InChI is InChI=1S/C18H24N2O3S2/c1-5-12(3)14-7-9-15(10-8-14)25(22,23)20-19-18(21)17-11-13(4)16(6-2)24-17/h7-12,20H,5-6H2,1-4H3,(H,19,21)/t12-/m1/s1. The molecule has 0 aliphatic heterocycles. The third-order valence-corrected chi connectivity index (χ3v) is 6.88. The highest BCUT2D eigenvalue weighted by Crippen LogP contribution is 2.22. The molecule has 0 fully saturated rings. The Morgan fingerprint density at radius 3 is 2.36 bits per heavy atom. The van der Waals surface area contributed by atoms with Crippen molar-refractivity contribution < 1.29 is 13.2 Å². The van der Waals surface area contributed by atoms with Crippen LogP contribution in [0.1, 0.15) is 58.8 Å². The number of amides is 1. The number of hydrogen-bond acceptors (Lipinski definition) is 4. The number of thiophene rings is 1. The molecule has 0 aliphatic carbocycles. The topological polar surface area (TPSA) is 75.3 Å².